The molecule has 0 aromatic heterocycles. The number of amides is 4. The molecule has 2 aromatic carbocycles. The molecule has 0 aliphatic carbocycles. The van der Waals surface area contributed by atoms with Crippen LogP contribution in [0.3, 0.4) is 0 Å². The lowest BCUT2D eigenvalue weighted by atomic mass is 10.0. The van der Waals surface area contributed by atoms with Gasteiger partial charge in [-0.3, -0.25) is 10.4 Å². The maximum Gasteiger partial charge on any atom is 0.338 e. The van der Waals surface area contributed by atoms with E-state index in [1.54, 1.807) is 0 Å². The summed E-state index contributed by atoms with van der Waals surface area (Å²) in [4.78, 5) is 21.6. The minimum Gasteiger partial charge on any atom is -0.350 e. The summed E-state index contributed by atoms with van der Waals surface area (Å²) in [6, 6.07) is 13.1. The van der Waals surface area contributed by atoms with Crippen LogP contribution >= 0.6 is 0 Å². The number of nitrogens with zero attached hydrogens (tertiary/aromatic N) is 2. The number of hydrogen-bond donors (Lipinski definition) is 4. The first-order valence-corrected chi connectivity index (χ1v) is 7.52. The fraction of sp³-hybridized carbons (Fsp3) is 0.176. The summed E-state index contributed by atoms with van der Waals surface area (Å²) < 4.78 is 0. The van der Waals surface area contributed by atoms with Gasteiger partial charge in [0.25, 0.3) is 0 Å². The van der Waals surface area contributed by atoms with Gasteiger partial charge < -0.3 is 11.5 Å². The third-order valence-electron chi connectivity index (χ3n) is 3.63. The summed E-state index contributed by atoms with van der Waals surface area (Å²) in [5, 5.41) is 19.5. The van der Waals surface area contributed by atoms with Crippen LogP contribution in [-0.2, 0) is 19.5 Å². The summed E-state index contributed by atoms with van der Waals surface area (Å²) >= 11 is 0. The Hall–Kier alpha value is -3.10. The van der Waals surface area contributed by atoms with Crippen LogP contribution in [0.25, 0.3) is 0 Å². The fourth-order valence-electron chi connectivity index (χ4n) is 2.26. The molecule has 6 N–H and O–H groups in total. The molecule has 0 bridgehead atoms. The number of benzene rings is 2. The van der Waals surface area contributed by atoms with Gasteiger partial charge in [-0.1, -0.05) is 48.5 Å². The molecule has 8 heteroatoms. The zero-order valence-electron chi connectivity index (χ0n) is 13.5. The first-order valence-electron chi connectivity index (χ1n) is 7.52. The largest absolute Gasteiger partial charge is 0.350 e. The molecule has 0 saturated heterocycles. The van der Waals surface area contributed by atoms with Gasteiger partial charge in [-0.25, -0.2) is 19.7 Å². The van der Waals surface area contributed by atoms with Crippen LogP contribution in [0, 0.1) is 0 Å². The Labute approximate surface area is 144 Å². The monoisotopic (exact) mass is 344 g/mol. The molecule has 0 fully saturated rings. The number of nitrogens with two attached hydrogens (primary N) is 2. The van der Waals surface area contributed by atoms with Crippen LogP contribution in [0.5, 0.6) is 0 Å². The molecule has 4 amide bonds. The molecule has 0 aliphatic heterocycles. The van der Waals surface area contributed by atoms with Crippen molar-refractivity contribution in [2.45, 2.75) is 19.5 Å². The SMILES string of the molecule is NC(=O)N(O)Cc1ccc(Cc2ccc(CN(O)C(N)=O)cc2)cc1. The van der Waals surface area contributed by atoms with E-state index in [1.807, 2.05) is 48.5 Å². The fourth-order valence-corrected chi connectivity index (χ4v) is 2.26. The number of hydroxylamine groups is 4. The van der Waals surface area contributed by atoms with Crippen LogP contribution in [0.2, 0.25) is 0 Å². The Balaban J connectivity index is 1.95. The normalized spacial score (nSPS) is 10.3. The van der Waals surface area contributed by atoms with Crippen molar-refractivity contribution in [3.8, 4) is 0 Å². The van der Waals surface area contributed by atoms with Gasteiger partial charge in [0.15, 0.2) is 0 Å². The van der Waals surface area contributed by atoms with Crippen molar-refractivity contribution in [1.29, 1.82) is 0 Å². The smallest absolute Gasteiger partial charge is 0.338 e. The molecule has 0 unspecified atom stereocenters. The second kappa shape index (κ2) is 8.13. The van der Waals surface area contributed by atoms with E-state index in [-0.39, 0.29) is 13.1 Å². The predicted octanol–water partition coefficient (Wildman–Crippen LogP) is 1.82. The van der Waals surface area contributed by atoms with Gasteiger partial charge in [0.1, 0.15) is 0 Å². The third-order valence-corrected chi connectivity index (χ3v) is 3.63. The Bertz CT molecular complexity index is 668. The van der Waals surface area contributed by atoms with Crippen molar-refractivity contribution in [2.75, 3.05) is 0 Å². The minimum atomic E-state index is -0.901. The summed E-state index contributed by atoms with van der Waals surface area (Å²) in [6.45, 7) is 0.0592. The molecule has 0 atom stereocenters. The molecule has 0 saturated carbocycles. The van der Waals surface area contributed by atoms with Gasteiger partial charge in [0.2, 0.25) is 0 Å². The first kappa shape index (κ1) is 18.2. The molecular weight excluding hydrogens is 324 g/mol. The molecule has 0 spiro atoms. The van der Waals surface area contributed by atoms with E-state index in [0.717, 1.165) is 22.3 Å². The predicted molar refractivity (Wildman–Crippen MR) is 89.5 cm³/mol. The molecule has 25 heavy (non-hydrogen) atoms. The highest BCUT2D eigenvalue weighted by Crippen LogP contribution is 2.13. The zero-order valence-corrected chi connectivity index (χ0v) is 13.5. The summed E-state index contributed by atoms with van der Waals surface area (Å²) in [5.74, 6) is 0. The molecule has 8 nitrogen and oxygen atoms in total. The molecule has 2 aromatic rings. The lowest BCUT2D eigenvalue weighted by Crippen LogP contribution is -2.31. The quantitative estimate of drug-likeness (QED) is 0.470. The maximum absolute atomic E-state index is 10.8. The Morgan fingerprint density at radius 3 is 1.24 bits per heavy atom. The topological polar surface area (TPSA) is 133 Å². The number of carbonyl (C=O) groups is 2. The average Bonchev–Trinajstić information content (AvgIpc) is 2.58. The van der Waals surface area contributed by atoms with Gasteiger partial charge in [-0.2, -0.15) is 0 Å². The van der Waals surface area contributed by atoms with Gasteiger partial charge >= 0.3 is 12.1 Å². The minimum absolute atomic E-state index is 0.0296. The molecule has 2 rings (SSSR count). The van der Waals surface area contributed by atoms with E-state index in [4.69, 9.17) is 11.5 Å². The molecule has 0 radical (unpaired) electrons. The van der Waals surface area contributed by atoms with Crippen molar-refractivity contribution in [3.63, 3.8) is 0 Å². The van der Waals surface area contributed by atoms with Crippen molar-refractivity contribution in [1.82, 2.24) is 10.1 Å². The van der Waals surface area contributed by atoms with Gasteiger partial charge in [-0.05, 0) is 28.7 Å². The standard InChI is InChI=1S/C17H20N4O4/c18-16(22)20(24)10-14-5-1-12(2-6-14)9-13-3-7-15(8-4-13)11-21(25)17(19)23/h1-8,24-25H,9-11H2,(H2,18,22)(H2,19,23). The number of rotatable bonds is 6. The van der Waals surface area contributed by atoms with Crippen molar-refractivity contribution >= 4 is 12.1 Å². The summed E-state index contributed by atoms with van der Waals surface area (Å²) in [6.07, 6.45) is 0.692. The van der Waals surface area contributed by atoms with E-state index in [1.165, 1.54) is 0 Å². The second-order valence-corrected chi connectivity index (χ2v) is 5.60. The highest BCUT2D eigenvalue weighted by atomic mass is 16.5. The van der Waals surface area contributed by atoms with Gasteiger partial charge in [0.05, 0.1) is 13.1 Å². The lowest BCUT2D eigenvalue weighted by molar-refractivity contribution is -0.0470. The van der Waals surface area contributed by atoms with Crippen molar-refractivity contribution in [3.05, 3.63) is 70.8 Å². The Morgan fingerprint density at radius 2 is 0.960 bits per heavy atom. The van der Waals surface area contributed by atoms with Crippen LogP contribution in [-0.4, -0.2) is 32.6 Å². The van der Waals surface area contributed by atoms with Crippen molar-refractivity contribution < 1.29 is 20.0 Å². The molecule has 132 valence electrons. The molecule has 0 heterocycles. The first-order chi connectivity index (χ1) is 11.8. The van der Waals surface area contributed by atoms with Crippen LogP contribution in [0.15, 0.2) is 48.5 Å². The van der Waals surface area contributed by atoms with Crippen LogP contribution in [0.1, 0.15) is 22.3 Å². The highest BCUT2D eigenvalue weighted by Gasteiger charge is 2.08. The zero-order chi connectivity index (χ0) is 18.4. The molecule has 0 aliphatic rings. The number of carbonyl (C=O) groups excluding carboxylic acids is 2. The third kappa shape index (κ3) is 5.48. The number of primary amides is 2. The number of hydrogen-bond acceptors (Lipinski definition) is 4. The average molecular weight is 344 g/mol. The highest BCUT2D eigenvalue weighted by molar-refractivity contribution is 5.70. The van der Waals surface area contributed by atoms with Crippen LogP contribution in [0.4, 0.5) is 9.59 Å². The summed E-state index contributed by atoms with van der Waals surface area (Å²) in [5.41, 5.74) is 13.6. The van der Waals surface area contributed by atoms with E-state index >= 15 is 0 Å². The second-order valence-electron chi connectivity index (χ2n) is 5.60. The van der Waals surface area contributed by atoms with E-state index in [2.05, 4.69) is 0 Å². The van der Waals surface area contributed by atoms with Crippen LogP contribution < -0.4 is 11.5 Å². The maximum atomic E-state index is 10.8. The lowest BCUT2D eigenvalue weighted by Gasteiger charge is -2.13. The van der Waals surface area contributed by atoms with Gasteiger partial charge in [0, 0.05) is 0 Å². The van der Waals surface area contributed by atoms with E-state index in [9.17, 15) is 20.0 Å². The number of urea groups is 2. The van der Waals surface area contributed by atoms with Crippen molar-refractivity contribution in [2.24, 2.45) is 11.5 Å². The van der Waals surface area contributed by atoms with Gasteiger partial charge in [-0.15, -0.1) is 0 Å². The van der Waals surface area contributed by atoms with E-state index in [0.29, 0.717) is 16.5 Å². The summed E-state index contributed by atoms with van der Waals surface area (Å²) in [7, 11) is 0. The molecular formula is C17H20N4O4. The Kier molecular flexibility index (Phi) is 5.93. The Morgan fingerprint density at radius 1 is 0.680 bits per heavy atom. The van der Waals surface area contributed by atoms with E-state index < -0.39 is 12.1 Å².